The van der Waals surface area contributed by atoms with Gasteiger partial charge in [0, 0.05) is 9.79 Å². The number of benzene rings is 4. The van der Waals surface area contributed by atoms with Crippen molar-refractivity contribution in [2.75, 3.05) is 38.9 Å². The van der Waals surface area contributed by atoms with Gasteiger partial charge >= 0.3 is 24.3 Å². The van der Waals surface area contributed by atoms with Crippen LogP contribution in [0.5, 0.6) is 11.5 Å². The number of esters is 2. The molecule has 0 aromatic heterocycles. The summed E-state index contributed by atoms with van der Waals surface area (Å²) >= 11 is 3.01. The summed E-state index contributed by atoms with van der Waals surface area (Å²) < 4.78 is 106. The molecule has 0 heterocycles. The van der Waals surface area contributed by atoms with Crippen molar-refractivity contribution in [1.29, 1.82) is 0 Å². The average molecular weight is 795 g/mol. The third kappa shape index (κ3) is 12.4. The van der Waals surface area contributed by atoms with Gasteiger partial charge in [0.25, 0.3) is 0 Å². The third-order valence-electron chi connectivity index (χ3n) is 8.27. The van der Waals surface area contributed by atoms with Gasteiger partial charge in [-0.2, -0.15) is 26.3 Å². The summed E-state index contributed by atoms with van der Waals surface area (Å²) in [4.78, 5) is 24.5. The van der Waals surface area contributed by atoms with Crippen molar-refractivity contribution in [1.82, 2.24) is 0 Å². The smallest absolute Gasteiger partial charge is 0.417 e. The fraction of sp³-hybridized carbons (Fsp3) is 0.350. The predicted octanol–water partition coefficient (Wildman–Crippen LogP) is 10.6. The molecule has 0 unspecified atom stereocenters. The topological polar surface area (TPSA) is 71.1 Å². The van der Waals surface area contributed by atoms with Gasteiger partial charge in [-0.15, -0.1) is 23.5 Å². The van der Waals surface area contributed by atoms with Crippen LogP contribution in [0.1, 0.15) is 46.2 Å². The Morgan fingerprint density at radius 3 is 1.30 bits per heavy atom. The van der Waals surface area contributed by atoms with E-state index in [1.807, 2.05) is 38.1 Å². The summed E-state index contributed by atoms with van der Waals surface area (Å²) in [5.74, 6) is 1.22. The average Bonchev–Trinajstić information content (AvgIpc) is 3.13. The highest BCUT2D eigenvalue weighted by molar-refractivity contribution is 7.99. The minimum Gasteiger partial charge on any atom is -0.482 e. The highest BCUT2D eigenvalue weighted by atomic mass is 32.2. The summed E-state index contributed by atoms with van der Waals surface area (Å²) in [5.41, 5.74) is -0.914. The Bertz CT molecular complexity index is 1770. The van der Waals surface area contributed by atoms with E-state index in [-0.39, 0.29) is 13.2 Å². The van der Waals surface area contributed by atoms with Gasteiger partial charge in [0.1, 0.15) is 11.5 Å². The van der Waals surface area contributed by atoms with E-state index < -0.39 is 46.5 Å². The molecule has 0 N–H and O–H groups in total. The van der Waals surface area contributed by atoms with E-state index in [1.165, 1.54) is 49.9 Å². The van der Waals surface area contributed by atoms with E-state index in [0.717, 1.165) is 45.2 Å². The lowest BCUT2D eigenvalue weighted by molar-refractivity contribution is -0.143. The Balaban J connectivity index is 1.39. The standard InChI is InChI=1S/C40H40F6O6S2/c1-25-19-29(11-15-35(25)51-23-37(47)49-3)53-17-5-7-27-9-13-31(33(21-27)39(41,42)43)32-14-10-28(22-34(32)40(44,45)46)8-6-18-54-30-12-16-36(26(2)20-30)52-24-38(48)50-4/h9-16,19-22H,5-8,17-18,23-24H2,1-4H3. The minimum atomic E-state index is -4.88. The van der Waals surface area contributed by atoms with Crippen molar-refractivity contribution in [2.45, 2.75) is 61.7 Å². The van der Waals surface area contributed by atoms with E-state index in [9.17, 15) is 35.9 Å². The zero-order valence-corrected chi connectivity index (χ0v) is 31.8. The number of methoxy groups -OCH3 is 2. The lowest BCUT2D eigenvalue weighted by Crippen LogP contribution is -2.13. The molecule has 0 saturated heterocycles. The number of alkyl halides is 6. The van der Waals surface area contributed by atoms with Crippen LogP contribution >= 0.6 is 23.5 Å². The molecule has 290 valence electrons. The van der Waals surface area contributed by atoms with Crippen LogP contribution in [0.25, 0.3) is 11.1 Å². The second-order valence-corrected chi connectivity index (χ2v) is 14.6. The number of carbonyl (C=O) groups is 2. The number of halogens is 6. The maximum absolute atomic E-state index is 14.3. The fourth-order valence-corrected chi connectivity index (χ4v) is 7.40. The fourth-order valence-electron chi connectivity index (χ4n) is 5.50. The number of hydrogen-bond donors (Lipinski definition) is 0. The van der Waals surface area contributed by atoms with Crippen LogP contribution in [0.2, 0.25) is 0 Å². The lowest BCUT2D eigenvalue weighted by Gasteiger charge is -2.19. The molecule has 0 aliphatic rings. The summed E-state index contributed by atoms with van der Waals surface area (Å²) in [5, 5.41) is 0. The molecular weight excluding hydrogens is 755 g/mol. The number of hydrogen-bond acceptors (Lipinski definition) is 8. The minimum absolute atomic E-state index is 0.220. The molecular formula is C40H40F6O6S2. The van der Waals surface area contributed by atoms with Crippen LogP contribution in [-0.4, -0.2) is 50.9 Å². The van der Waals surface area contributed by atoms with Gasteiger partial charge in [-0.3, -0.25) is 0 Å². The Morgan fingerprint density at radius 1 is 0.574 bits per heavy atom. The Morgan fingerprint density at radius 2 is 0.963 bits per heavy atom. The quantitative estimate of drug-likeness (QED) is 0.0453. The van der Waals surface area contributed by atoms with Crippen LogP contribution in [0.15, 0.2) is 82.6 Å². The number of aryl methyl sites for hydroxylation is 4. The first-order valence-corrected chi connectivity index (χ1v) is 18.8. The molecule has 54 heavy (non-hydrogen) atoms. The second-order valence-electron chi connectivity index (χ2n) is 12.2. The molecule has 0 radical (unpaired) electrons. The lowest BCUT2D eigenvalue weighted by atomic mass is 9.91. The third-order valence-corrected chi connectivity index (χ3v) is 10.4. The maximum atomic E-state index is 14.3. The molecule has 0 aliphatic heterocycles. The van der Waals surface area contributed by atoms with Crippen molar-refractivity contribution < 1.29 is 54.9 Å². The summed E-state index contributed by atoms with van der Waals surface area (Å²) in [7, 11) is 2.53. The van der Waals surface area contributed by atoms with Crippen LogP contribution in [0.4, 0.5) is 26.3 Å². The number of thioether (sulfide) groups is 2. The largest absolute Gasteiger partial charge is 0.482 e. The molecule has 0 spiro atoms. The van der Waals surface area contributed by atoms with Crippen LogP contribution in [-0.2, 0) is 44.3 Å². The van der Waals surface area contributed by atoms with E-state index in [4.69, 9.17) is 9.47 Å². The number of ether oxygens (including phenoxy) is 4. The maximum Gasteiger partial charge on any atom is 0.417 e. The van der Waals surface area contributed by atoms with Crippen molar-refractivity contribution in [3.63, 3.8) is 0 Å². The summed E-state index contributed by atoms with van der Waals surface area (Å²) in [6.45, 7) is 3.21. The van der Waals surface area contributed by atoms with Crippen molar-refractivity contribution in [2.24, 2.45) is 0 Å². The first-order chi connectivity index (χ1) is 25.6. The molecule has 0 atom stereocenters. The molecule has 0 saturated carbocycles. The molecule has 4 aromatic carbocycles. The van der Waals surface area contributed by atoms with E-state index in [2.05, 4.69) is 9.47 Å². The van der Waals surface area contributed by atoms with Crippen LogP contribution in [0.3, 0.4) is 0 Å². The highest BCUT2D eigenvalue weighted by Gasteiger charge is 2.38. The van der Waals surface area contributed by atoms with Crippen LogP contribution in [0, 0.1) is 13.8 Å². The van der Waals surface area contributed by atoms with Gasteiger partial charge in [0.05, 0.1) is 25.3 Å². The van der Waals surface area contributed by atoms with Gasteiger partial charge in [0.2, 0.25) is 0 Å². The number of carbonyl (C=O) groups excluding carboxylic acids is 2. The molecule has 0 bridgehead atoms. The van der Waals surface area contributed by atoms with Gasteiger partial charge in [-0.1, -0.05) is 24.3 Å². The van der Waals surface area contributed by atoms with E-state index in [1.54, 1.807) is 12.1 Å². The zero-order valence-electron chi connectivity index (χ0n) is 30.1. The van der Waals surface area contributed by atoms with Gasteiger partial charge in [0.15, 0.2) is 13.2 Å². The SMILES string of the molecule is COC(=O)COc1ccc(SCCCc2ccc(-c3ccc(CCCSc4ccc(OCC(=O)OC)c(C)c4)cc3C(F)(F)F)c(C(F)(F)F)c2)cc1C. The van der Waals surface area contributed by atoms with Crippen LogP contribution < -0.4 is 9.47 Å². The molecule has 0 fully saturated rings. The highest BCUT2D eigenvalue weighted by Crippen LogP contribution is 2.43. The van der Waals surface area contributed by atoms with Crippen molar-refractivity contribution >= 4 is 35.5 Å². The molecule has 14 heteroatoms. The Labute approximate surface area is 318 Å². The summed E-state index contributed by atoms with van der Waals surface area (Å²) in [6, 6.07) is 17.9. The second kappa shape index (κ2) is 19.3. The zero-order chi connectivity index (χ0) is 39.5. The molecule has 4 rings (SSSR count). The van der Waals surface area contributed by atoms with Gasteiger partial charge in [-0.25, -0.2) is 9.59 Å². The Kier molecular flexibility index (Phi) is 15.2. The van der Waals surface area contributed by atoms with E-state index in [0.29, 0.717) is 59.8 Å². The van der Waals surface area contributed by atoms with Crippen molar-refractivity contribution in [3.8, 4) is 22.6 Å². The Hall–Kier alpha value is -4.30. The predicted molar refractivity (Wildman–Crippen MR) is 197 cm³/mol. The normalized spacial score (nSPS) is 11.7. The first-order valence-electron chi connectivity index (χ1n) is 16.9. The molecule has 0 amide bonds. The molecule has 4 aromatic rings. The van der Waals surface area contributed by atoms with Gasteiger partial charge in [-0.05, 0) is 133 Å². The summed E-state index contributed by atoms with van der Waals surface area (Å²) in [6.07, 6.45) is -8.11. The molecule has 6 nitrogen and oxygen atoms in total. The monoisotopic (exact) mass is 794 g/mol. The number of rotatable bonds is 17. The first kappa shape index (κ1) is 42.4. The molecule has 0 aliphatic carbocycles. The van der Waals surface area contributed by atoms with Gasteiger partial charge < -0.3 is 18.9 Å². The van der Waals surface area contributed by atoms with Crippen molar-refractivity contribution in [3.05, 3.63) is 106 Å². The van der Waals surface area contributed by atoms with E-state index >= 15 is 0 Å².